The predicted molar refractivity (Wildman–Crippen MR) is 87.5 cm³/mol. The highest BCUT2D eigenvalue weighted by Crippen LogP contribution is 2.14. The van der Waals surface area contributed by atoms with Crippen LogP contribution in [0.15, 0.2) is 65.8 Å². The topological polar surface area (TPSA) is 41.5 Å². The van der Waals surface area contributed by atoms with Gasteiger partial charge < -0.3 is 0 Å². The van der Waals surface area contributed by atoms with E-state index in [-0.39, 0.29) is 5.91 Å². The molecule has 0 unspecified atom stereocenters. The van der Waals surface area contributed by atoms with Crippen molar-refractivity contribution in [3.8, 4) is 0 Å². The van der Waals surface area contributed by atoms with Crippen LogP contribution in [0.25, 0.3) is 6.08 Å². The molecule has 4 heteroatoms. The lowest BCUT2D eigenvalue weighted by atomic mass is 10.2. The number of amides is 1. The Morgan fingerprint density at radius 2 is 1.76 bits per heavy atom. The van der Waals surface area contributed by atoms with E-state index in [0.717, 1.165) is 5.56 Å². The van der Waals surface area contributed by atoms with Crippen molar-refractivity contribution in [3.05, 3.63) is 76.8 Å². The zero-order valence-electron chi connectivity index (χ0n) is 11.6. The molecule has 1 amide bonds. The normalized spacial score (nSPS) is 11.6. The van der Waals surface area contributed by atoms with Crippen molar-refractivity contribution in [1.29, 1.82) is 0 Å². The van der Waals surface area contributed by atoms with E-state index in [1.807, 2.05) is 49.4 Å². The van der Waals surface area contributed by atoms with Crippen molar-refractivity contribution in [1.82, 2.24) is 5.43 Å². The molecule has 0 bridgehead atoms. The Kier molecular flexibility index (Phi) is 5.29. The van der Waals surface area contributed by atoms with Crippen LogP contribution in [-0.4, -0.2) is 11.6 Å². The van der Waals surface area contributed by atoms with Crippen LogP contribution in [0.3, 0.4) is 0 Å². The summed E-state index contributed by atoms with van der Waals surface area (Å²) >= 11 is 5.95. The fraction of sp³-hybridized carbons (Fsp3) is 0.0588. The number of hydrogen-bond acceptors (Lipinski definition) is 2. The summed E-state index contributed by atoms with van der Waals surface area (Å²) in [6.45, 7) is 1.81. The number of benzene rings is 2. The van der Waals surface area contributed by atoms with Gasteiger partial charge in [-0.05, 0) is 30.7 Å². The molecule has 0 heterocycles. The van der Waals surface area contributed by atoms with Crippen LogP contribution < -0.4 is 5.43 Å². The summed E-state index contributed by atoms with van der Waals surface area (Å²) in [5.41, 5.74) is 4.66. The maximum atomic E-state index is 11.9. The van der Waals surface area contributed by atoms with Crippen LogP contribution in [0.2, 0.25) is 5.02 Å². The third kappa shape index (κ3) is 4.58. The smallest absolute Gasteiger partial charge is 0.267 e. The van der Waals surface area contributed by atoms with Crippen LogP contribution >= 0.6 is 11.6 Å². The zero-order chi connectivity index (χ0) is 15.1. The van der Waals surface area contributed by atoms with E-state index in [0.29, 0.717) is 16.3 Å². The van der Waals surface area contributed by atoms with E-state index in [1.54, 1.807) is 24.3 Å². The van der Waals surface area contributed by atoms with E-state index in [4.69, 9.17) is 11.6 Å². The molecule has 0 saturated carbocycles. The van der Waals surface area contributed by atoms with Gasteiger partial charge in [-0.2, -0.15) is 5.10 Å². The number of nitrogens with zero attached hydrogens (tertiary/aromatic N) is 1. The molecular weight excluding hydrogens is 284 g/mol. The van der Waals surface area contributed by atoms with Crippen molar-refractivity contribution < 1.29 is 4.79 Å². The summed E-state index contributed by atoms with van der Waals surface area (Å²) in [5, 5.41) is 4.43. The molecule has 21 heavy (non-hydrogen) atoms. The first kappa shape index (κ1) is 15.0. The quantitative estimate of drug-likeness (QED) is 0.668. The maximum Gasteiger partial charge on any atom is 0.272 e. The molecule has 3 nitrogen and oxygen atoms in total. The monoisotopic (exact) mass is 298 g/mol. The number of hydrogen-bond donors (Lipinski definition) is 1. The van der Waals surface area contributed by atoms with Crippen molar-refractivity contribution >= 4 is 29.3 Å². The highest BCUT2D eigenvalue weighted by molar-refractivity contribution is 6.33. The molecule has 0 aromatic heterocycles. The second-order valence-electron chi connectivity index (χ2n) is 4.42. The van der Waals surface area contributed by atoms with Gasteiger partial charge in [-0.25, -0.2) is 5.43 Å². The molecule has 0 saturated heterocycles. The molecule has 0 spiro atoms. The molecule has 1 N–H and O–H groups in total. The van der Waals surface area contributed by atoms with Gasteiger partial charge in [0.05, 0.1) is 16.3 Å². The Morgan fingerprint density at radius 1 is 1.10 bits per heavy atom. The lowest BCUT2D eigenvalue weighted by Gasteiger charge is -2.02. The molecule has 0 aliphatic heterocycles. The minimum Gasteiger partial charge on any atom is -0.267 e. The van der Waals surface area contributed by atoms with Gasteiger partial charge in [0.1, 0.15) is 0 Å². The summed E-state index contributed by atoms with van der Waals surface area (Å²) < 4.78 is 0. The number of allylic oxidation sites excluding steroid dienone is 1. The van der Waals surface area contributed by atoms with Gasteiger partial charge >= 0.3 is 0 Å². The largest absolute Gasteiger partial charge is 0.272 e. The third-order valence-electron chi connectivity index (χ3n) is 2.77. The maximum absolute atomic E-state index is 11.9. The van der Waals surface area contributed by atoms with E-state index in [1.165, 1.54) is 0 Å². The lowest BCUT2D eigenvalue weighted by molar-refractivity contribution is 0.0955. The van der Waals surface area contributed by atoms with Gasteiger partial charge in [-0.3, -0.25) is 4.79 Å². The minimum atomic E-state index is -0.326. The number of rotatable bonds is 4. The highest BCUT2D eigenvalue weighted by atomic mass is 35.5. The van der Waals surface area contributed by atoms with Gasteiger partial charge in [0, 0.05) is 0 Å². The first-order valence-electron chi connectivity index (χ1n) is 6.49. The minimum absolute atomic E-state index is 0.326. The van der Waals surface area contributed by atoms with Crippen LogP contribution in [-0.2, 0) is 0 Å². The van der Waals surface area contributed by atoms with Gasteiger partial charge in [0.15, 0.2) is 0 Å². The molecule has 0 aliphatic carbocycles. The summed E-state index contributed by atoms with van der Waals surface area (Å²) in [6.07, 6.45) is 3.77. The molecule has 0 atom stereocenters. The molecule has 2 aromatic carbocycles. The molecular formula is C17H15ClN2O. The molecule has 0 radical (unpaired) electrons. The standard InChI is InChI=1S/C17H15ClN2O/c1-13(11-12-14-7-3-2-4-8-14)19-20-17(21)15-9-5-6-10-16(15)18/h2-12H,1H3,(H,20,21)/b12-11-,19-13+. The molecule has 2 rings (SSSR count). The van der Waals surface area contributed by atoms with Gasteiger partial charge in [0.25, 0.3) is 5.91 Å². The van der Waals surface area contributed by atoms with Crippen molar-refractivity contribution in [2.45, 2.75) is 6.92 Å². The summed E-state index contributed by atoms with van der Waals surface area (Å²) in [5.74, 6) is -0.326. The van der Waals surface area contributed by atoms with E-state index < -0.39 is 0 Å². The molecule has 0 aliphatic rings. The fourth-order valence-electron chi connectivity index (χ4n) is 1.66. The van der Waals surface area contributed by atoms with Crippen LogP contribution in [0, 0.1) is 0 Å². The average Bonchev–Trinajstić information content (AvgIpc) is 2.52. The highest BCUT2D eigenvalue weighted by Gasteiger charge is 2.07. The number of carbonyl (C=O) groups excluding carboxylic acids is 1. The molecule has 2 aromatic rings. The Balaban J connectivity index is 1.99. The van der Waals surface area contributed by atoms with E-state index >= 15 is 0 Å². The Bertz CT molecular complexity index is 678. The van der Waals surface area contributed by atoms with Crippen LogP contribution in [0.4, 0.5) is 0 Å². The Labute approximate surface area is 129 Å². The van der Waals surface area contributed by atoms with E-state index in [2.05, 4.69) is 10.5 Å². The average molecular weight is 299 g/mol. The van der Waals surface area contributed by atoms with Crippen LogP contribution in [0.1, 0.15) is 22.8 Å². The van der Waals surface area contributed by atoms with Gasteiger partial charge in [0.2, 0.25) is 0 Å². The van der Waals surface area contributed by atoms with Crippen molar-refractivity contribution in [3.63, 3.8) is 0 Å². The second kappa shape index (κ2) is 7.41. The van der Waals surface area contributed by atoms with E-state index in [9.17, 15) is 4.79 Å². The number of hydrazone groups is 1. The van der Waals surface area contributed by atoms with Gasteiger partial charge in [-0.15, -0.1) is 0 Å². The first-order valence-corrected chi connectivity index (χ1v) is 6.87. The summed E-state index contributed by atoms with van der Waals surface area (Å²) in [7, 11) is 0. The van der Waals surface area contributed by atoms with Crippen molar-refractivity contribution in [2.24, 2.45) is 5.10 Å². The SMILES string of the molecule is CC(/C=C\c1ccccc1)=N\NC(=O)c1ccccc1Cl. The number of carbonyl (C=O) groups is 1. The predicted octanol–water partition coefficient (Wildman–Crippen LogP) is 4.16. The Hall–Kier alpha value is -2.39. The van der Waals surface area contributed by atoms with Crippen LogP contribution in [0.5, 0.6) is 0 Å². The lowest BCUT2D eigenvalue weighted by Crippen LogP contribution is -2.19. The summed E-state index contributed by atoms with van der Waals surface area (Å²) in [6, 6.07) is 16.7. The molecule has 106 valence electrons. The first-order chi connectivity index (χ1) is 10.2. The Morgan fingerprint density at radius 3 is 2.48 bits per heavy atom. The fourth-order valence-corrected chi connectivity index (χ4v) is 1.88. The summed E-state index contributed by atoms with van der Waals surface area (Å²) in [4.78, 5) is 11.9. The van der Waals surface area contributed by atoms with Gasteiger partial charge in [-0.1, -0.05) is 60.1 Å². The number of nitrogens with one attached hydrogen (secondary N) is 1. The zero-order valence-corrected chi connectivity index (χ0v) is 12.3. The number of halogens is 1. The van der Waals surface area contributed by atoms with Crippen molar-refractivity contribution in [2.75, 3.05) is 0 Å². The molecule has 0 fully saturated rings. The third-order valence-corrected chi connectivity index (χ3v) is 3.10. The second-order valence-corrected chi connectivity index (χ2v) is 4.83.